The smallest absolute Gasteiger partial charge is 0.119 e. The van der Waals surface area contributed by atoms with Crippen LogP contribution in [0.1, 0.15) is 159 Å². The van der Waals surface area contributed by atoms with E-state index in [1.807, 2.05) is 6.07 Å². The summed E-state index contributed by atoms with van der Waals surface area (Å²) >= 11 is 0. The van der Waals surface area contributed by atoms with Crippen LogP contribution in [0.3, 0.4) is 0 Å². The second kappa shape index (κ2) is 18.5. The van der Waals surface area contributed by atoms with Gasteiger partial charge >= 0.3 is 0 Å². The number of phenolic OH excluding ortho intramolecular Hbond substituents is 1. The Morgan fingerprint density at radius 1 is 0.541 bits per heavy atom. The van der Waals surface area contributed by atoms with Crippen LogP contribution in [0.2, 0.25) is 0 Å². The van der Waals surface area contributed by atoms with Crippen molar-refractivity contribution in [3.63, 3.8) is 0 Å². The van der Waals surface area contributed by atoms with Gasteiger partial charge < -0.3 is 5.11 Å². The summed E-state index contributed by atoms with van der Waals surface area (Å²) in [6, 6.07) is 15.0. The van der Waals surface area contributed by atoms with Crippen LogP contribution >= 0.6 is 0 Å². The minimum absolute atomic E-state index is 0.213. The minimum Gasteiger partial charge on any atom is -0.508 e. The zero-order chi connectivity index (χ0) is 26.8. The van der Waals surface area contributed by atoms with Crippen molar-refractivity contribution < 1.29 is 5.11 Å². The molecule has 0 aliphatic heterocycles. The van der Waals surface area contributed by atoms with Gasteiger partial charge in [-0.1, -0.05) is 160 Å². The molecule has 1 nitrogen and oxygen atoms in total. The van der Waals surface area contributed by atoms with E-state index in [2.05, 4.69) is 64.1 Å². The van der Waals surface area contributed by atoms with Gasteiger partial charge in [0.05, 0.1) is 0 Å². The first kappa shape index (κ1) is 31.5. The van der Waals surface area contributed by atoms with E-state index >= 15 is 0 Å². The molecular formula is C36H58O. The Morgan fingerprint density at radius 3 is 1.51 bits per heavy atom. The minimum atomic E-state index is -0.213. The lowest BCUT2D eigenvalue weighted by atomic mass is 9.73. The summed E-state index contributed by atoms with van der Waals surface area (Å²) in [5, 5.41) is 11.2. The van der Waals surface area contributed by atoms with Crippen LogP contribution in [-0.4, -0.2) is 5.11 Å². The number of hydrogen-bond acceptors (Lipinski definition) is 1. The summed E-state index contributed by atoms with van der Waals surface area (Å²) in [5.74, 6) is 0.472. The van der Waals surface area contributed by atoms with E-state index in [1.54, 1.807) is 0 Å². The third-order valence-corrected chi connectivity index (χ3v) is 8.34. The van der Waals surface area contributed by atoms with Crippen LogP contribution in [-0.2, 0) is 18.3 Å². The number of unbranched alkanes of at least 4 members (excludes halogenated alkanes) is 15. The summed E-state index contributed by atoms with van der Waals surface area (Å²) in [6.45, 7) is 9.16. The van der Waals surface area contributed by atoms with Crippen molar-refractivity contribution in [3.05, 3.63) is 64.7 Å². The highest BCUT2D eigenvalue weighted by Crippen LogP contribution is 2.41. The van der Waals surface area contributed by atoms with Crippen molar-refractivity contribution in [2.75, 3.05) is 0 Å². The fourth-order valence-electron chi connectivity index (χ4n) is 5.96. The first-order chi connectivity index (χ1) is 18.0. The Bertz CT molecular complexity index is 835. The van der Waals surface area contributed by atoms with Crippen LogP contribution in [0.25, 0.3) is 0 Å². The molecule has 0 saturated carbocycles. The zero-order valence-corrected chi connectivity index (χ0v) is 24.9. The number of hydrogen-bond donors (Lipinski definition) is 1. The molecule has 2 rings (SSSR count). The maximum Gasteiger partial charge on any atom is 0.119 e. The quantitative estimate of drug-likeness (QED) is 0.167. The van der Waals surface area contributed by atoms with E-state index in [0.717, 1.165) is 18.4 Å². The van der Waals surface area contributed by atoms with Crippen molar-refractivity contribution >= 4 is 0 Å². The van der Waals surface area contributed by atoms with Gasteiger partial charge in [0.25, 0.3) is 0 Å². The molecule has 2 aromatic carbocycles. The molecule has 0 aliphatic rings. The lowest BCUT2D eigenvalue weighted by Crippen LogP contribution is -2.22. The number of aromatic hydroxyl groups is 1. The predicted octanol–water partition coefficient (Wildman–Crippen LogP) is 11.5. The standard InChI is InChI=1S/C36H58O/c1-5-7-9-11-13-14-15-17-19-24-28-33-31(25-21-18-16-12-10-8-6-2)29-30-34(37)35(33)36(3,4)32-26-22-20-23-27-32/h20,22-23,26-27,29-30,37H,5-19,21,24-25,28H2,1-4H3. The molecular weight excluding hydrogens is 448 g/mol. The molecule has 0 spiro atoms. The lowest BCUT2D eigenvalue weighted by molar-refractivity contribution is 0.449. The number of benzene rings is 2. The van der Waals surface area contributed by atoms with E-state index < -0.39 is 0 Å². The van der Waals surface area contributed by atoms with E-state index in [-0.39, 0.29) is 5.41 Å². The average Bonchev–Trinajstić information content (AvgIpc) is 2.90. The molecule has 0 bridgehead atoms. The Hall–Kier alpha value is -1.76. The Labute approximate surface area is 230 Å². The molecule has 0 aliphatic carbocycles. The van der Waals surface area contributed by atoms with Gasteiger partial charge in [-0.05, 0) is 48.4 Å². The molecule has 208 valence electrons. The van der Waals surface area contributed by atoms with Crippen molar-refractivity contribution in [1.82, 2.24) is 0 Å². The molecule has 0 atom stereocenters. The molecule has 0 saturated heterocycles. The lowest BCUT2D eigenvalue weighted by Gasteiger charge is -2.31. The van der Waals surface area contributed by atoms with Crippen LogP contribution < -0.4 is 0 Å². The van der Waals surface area contributed by atoms with Crippen LogP contribution in [0.4, 0.5) is 0 Å². The fraction of sp³-hybridized carbons (Fsp3) is 0.667. The number of rotatable bonds is 21. The van der Waals surface area contributed by atoms with E-state index in [0.29, 0.717) is 5.75 Å². The first-order valence-corrected chi connectivity index (χ1v) is 15.9. The molecule has 1 heteroatoms. The monoisotopic (exact) mass is 506 g/mol. The van der Waals surface area contributed by atoms with Crippen molar-refractivity contribution in [1.29, 1.82) is 0 Å². The molecule has 0 amide bonds. The van der Waals surface area contributed by atoms with E-state index in [9.17, 15) is 5.11 Å². The van der Waals surface area contributed by atoms with E-state index in [4.69, 9.17) is 0 Å². The van der Waals surface area contributed by atoms with Gasteiger partial charge in [0.15, 0.2) is 0 Å². The second-order valence-corrected chi connectivity index (χ2v) is 11.9. The largest absolute Gasteiger partial charge is 0.508 e. The SMILES string of the molecule is CCCCCCCCCCCCc1c(CCCCCCCCC)ccc(O)c1C(C)(C)c1ccccc1. The first-order valence-electron chi connectivity index (χ1n) is 15.9. The number of aryl methyl sites for hydroxylation is 1. The zero-order valence-electron chi connectivity index (χ0n) is 24.9. The molecule has 2 aromatic rings. The average molecular weight is 507 g/mol. The summed E-state index contributed by atoms with van der Waals surface area (Å²) in [5.41, 5.74) is 5.13. The molecule has 0 heterocycles. The van der Waals surface area contributed by atoms with Gasteiger partial charge in [-0.3, -0.25) is 0 Å². The van der Waals surface area contributed by atoms with Crippen molar-refractivity contribution in [2.45, 2.75) is 155 Å². The highest BCUT2D eigenvalue weighted by molar-refractivity contribution is 5.53. The highest BCUT2D eigenvalue weighted by Gasteiger charge is 2.30. The molecule has 0 fully saturated rings. The maximum atomic E-state index is 11.2. The summed E-state index contributed by atoms with van der Waals surface area (Å²) < 4.78 is 0. The molecule has 0 radical (unpaired) electrons. The molecule has 0 unspecified atom stereocenters. The topological polar surface area (TPSA) is 20.2 Å². The molecule has 0 aromatic heterocycles. The molecule has 1 N–H and O–H groups in total. The van der Waals surface area contributed by atoms with Gasteiger partial charge in [0.2, 0.25) is 0 Å². The summed E-state index contributed by atoms with van der Waals surface area (Å²) in [4.78, 5) is 0. The van der Waals surface area contributed by atoms with Crippen LogP contribution in [0, 0.1) is 0 Å². The third kappa shape index (κ3) is 11.3. The number of phenols is 1. The van der Waals surface area contributed by atoms with Crippen molar-refractivity contribution in [3.8, 4) is 5.75 Å². The highest BCUT2D eigenvalue weighted by atomic mass is 16.3. The molecule has 37 heavy (non-hydrogen) atoms. The fourth-order valence-corrected chi connectivity index (χ4v) is 5.96. The van der Waals surface area contributed by atoms with Crippen LogP contribution in [0.5, 0.6) is 5.75 Å². The second-order valence-electron chi connectivity index (χ2n) is 11.9. The van der Waals surface area contributed by atoms with Gasteiger partial charge in [-0.15, -0.1) is 0 Å². The Morgan fingerprint density at radius 2 is 1.00 bits per heavy atom. The van der Waals surface area contributed by atoms with Gasteiger partial charge in [0.1, 0.15) is 5.75 Å². The predicted molar refractivity (Wildman–Crippen MR) is 164 cm³/mol. The van der Waals surface area contributed by atoms with Gasteiger partial charge in [-0.2, -0.15) is 0 Å². The summed E-state index contributed by atoms with van der Waals surface area (Å²) in [6.07, 6.45) is 25.2. The van der Waals surface area contributed by atoms with Crippen LogP contribution in [0.15, 0.2) is 42.5 Å². The Balaban J connectivity index is 2.04. The summed E-state index contributed by atoms with van der Waals surface area (Å²) in [7, 11) is 0. The maximum absolute atomic E-state index is 11.2. The van der Waals surface area contributed by atoms with Gasteiger partial charge in [-0.25, -0.2) is 0 Å². The third-order valence-electron chi connectivity index (χ3n) is 8.34. The Kier molecular flexibility index (Phi) is 15.7. The van der Waals surface area contributed by atoms with Crippen molar-refractivity contribution in [2.24, 2.45) is 0 Å². The van der Waals surface area contributed by atoms with E-state index in [1.165, 1.54) is 126 Å². The normalized spacial score (nSPS) is 11.8. The van der Waals surface area contributed by atoms with Gasteiger partial charge in [0, 0.05) is 11.0 Å².